The molecule has 1 aliphatic carbocycles. The van der Waals surface area contributed by atoms with Crippen LogP contribution in [0, 0.1) is 22.2 Å². The number of carbonyl (C=O) groups excluding carboxylic acids is 1. The molecule has 0 bridgehead atoms. The van der Waals surface area contributed by atoms with Gasteiger partial charge in [0.05, 0.1) is 16.9 Å². The standard InChI is InChI=1S/C27H24FIN4O4/c1-14-23-22(24(31(2)25(14)35)30-20-10-9-17(29)13-19(20)28)26(36)32(3)27(37)33(23)18-6-4-5-16(12-18)21(34)11-15-7-8-15/h4-6,9-10,12-13,15,30H,7-8,11H2,1-3H3. The highest BCUT2D eigenvalue weighted by Crippen LogP contribution is 2.34. The van der Waals surface area contributed by atoms with Crippen LogP contribution in [0.15, 0.2) is 56.8 Å². The molecule has 2 heterocycles. The Labute approximate surface area is 224 Å². The topological polar surface area (TPSA) is 95.1 Å². The maximum atomic E-state index is 14.7. The molecule has 190 valence electrons. The molecular formula is C27H24FIN4O4. The van der Waals surface area contributed by atoms with Crippen LogP contribution in [0.2, 0.25) is 0 Å². The van der Waals surface area contributed by atoms with Crippen molar-refractivity contribution in [3.05, 3.63) is 94.2 Å². The van der Waals surface area contributed by atoms with Crippen molar-refractivity contribution >= 4 is 50.8 Å². The van der Waals surface area contributed by atoms with Gasteiger partial charge in [-0.05, 0) is 78.6 Å². The number of anilines is 2. The van der Waals surface area contributed by atoms with Crippen LogP contribution in [0.3, 0.4) is 0 Å². The molecule has 0 aliphatic heterocycles. The fourth-order valence-corrected chi connectivity index (χ4v) is 4.98. The van der Waals surface area contributed by atoms with Crippen LogP contribution in [0.5, 0.6) is 0 Å². The third-order valence-corrected chi connectivity index (χ3v) is 7.46. The number of rotatable bonds is 6. The van der Waals surface area contributed by atoms with Crippen molar-refractivity contribution < 1.29 is 9.18 Å². The second-order valence-electron chi connectivity index (χ2n) is 9.41. The first-order chi connectivity index (χ1) is 17.6. The second kappa shape index (κ2) is 9.40. The number of aromatic nitrogens is 3. The van der Waals surface area contributed by atoms with Crippen LogP contribution in [0.1, 0.15) is 35.2 Å². The summed E-state index contributed by atoms with van der Waals surface area (Å²) in [5, 5.41) is 2.96. The maximum absolute atomic E-state index is 14.7. The summed E-state index contributed by atoms with van der Waals surface area (Å²) in [6.45, 7) is 1.54. The molecule has 1 aliphatic rings. The average Bonchev–Trinajstić information content (AvgIpc) is 3.69. The summed E-state index contributed by atoms with van der Waals surface area (Å²) in [4.78, 5) is 52.9. The summed E-state index contributed by atoms with van der Waals surface area (Å²) < 4.78 is 18.9. The number of hydrogen-bond donors (Lipinski definition) is 1. The first kappa shape index (κ1) is 25.1. The molecule has 1 fully saturated rings. The predicted octanol–water partition coefficient (Wildman–Crippen LogP) is 4.17. The van der Waals surface area contributed by atoms with E-state index in [9.17, 15) is 23.6 Å². The molecular weight excluding hydrogens is 590 g/mol. The molecule has 0 radical (unpaired) electrons. The number of aryl methyl sites for hydroxylation is 1. The normalized spacial score (nSPS) is 13.2. The van der Waals surface area contributed by atoms with E-state index in [4.69, 9.17) is 0 Å². The van der Waals surface area contributed by atoms with Gasteiger partial charge in [0.1, 0.15) is 17.0 Å². The smallest absolute Gasteiger partial charge is 0.335 e. The molecule has 0 spiro atoms. The number of carbonyl (C=O) groups is 1. The van der Waals surface area contributed by atoms with Crippen LogP contribution in [-0.4, -0.2) is 19.5 Å². The Morgan fingerprint density at radius 3 is 2.46 bits per heavy atom. The summed E-state index contributed by atoms with van der Waals surface area (Å²) in [6, 6.07) is 11.2. The number of halogens is 2. The molecule has 2 aromatic carbocycles. The second-order valence-corrected chi connectivity index (χ2v) is 10.7. The number of pyridine rings is 1. The summed E-state index contributed by atoms with van der Waals surface area (Å²) in [7, 11) is 2.83. The van der Waals surface area contributed by atoms with E-state index in [0.717, 1.165) is 17.4 Å². The number of hydrogen-bond acceptors (Lipinski definition) is 5. The Morgan fingerprint density at radius 1 is 1.05 bits per heavy atom. The number of Topliss-reactive ketones (excluding diaryl/α,β-unsaturated/α-hetero) is 1. The van der Waals surface area contributed by atoms with Gasteiger partial charge in [-0.1, -0.05) is 12.1 Å². The molecule has 5 rings (SSSR count). The molecule has 0 saturated heterocycles. The molecule has 2 aromatic heterocycles. The lowest BCUT2D eigenvalue weighted by molar-refractivity contribution is 0.0976. The molecule has 0 unspecified atom stereocenters. The summed E-state index contributed by atoms with van der Waals surface area (Å²) in [5.74, 6) is -0.116. The monoisotopic (exact) mass is 614 g/mol. The van der Waals surface area contributed by atoms with Gasteiger partial charge >= 0.3 is 5.69 Å². The lowest BCUT2D eigenvalue weighted by atomic mass is 10.0. The number of nitrogens with zero attached hydrogens (tertiary/aromatic N) is 3. The number of nitrogens with one attached hydrogen (secondary N) is 1. The Morgan fingerprint density at radius 2 is 1.78 bits per heavy atom. The summed E-state index contributed by atoms with van der Waals surface area (Å²) in [6.07, 6.45) is 2.52. The van der Waals surface area contributed by atoms with Crippen LogP contribution < -0.4 is 22.1 Å². The lowest BCUT2D eigenvalue weighted by Crippen LogP contribution is -2.40. The van der Waals surface area contributed by atoms with E-state index in [2.05, 4.69) is 5.32 Å². The van der Waals surface area contributed by atoms with Crippen LogP contribution in [-0.2, 0) is 14.1 Å². The zero-order valence-corrected chi connectivity index (χ0v) is 22.6. The zero-order chi connectivity index (χ0) is 26.6. The maximum Gasteiger partial charge on any atom is 0.335 e. The van der Waals surface area contributed by atoms with E-state index in [1.807, 2.05) is 22.6 Å². The minimum absolute atomic E-state index is 0.0179. The Hall–Kier alpha value is -3.54. The molecule has 4 aromatic rings. The molecule has 8 nitrogen and oxygen atoms in total. The Bertz CT molecular complexity index is 1780. The van der Waals surface area contributed by atoms with Gasteiger partial charge in [-0.25, -0.2) is 9.18 Å². The van der Waals surface area contributed by atoms with E-state index < -0.39 is 22.6 Å². The third-order valence-electron chi connectivity index (χ3n) is 6.79. The minimum Gasteiger partial charge on any atom is -0.338 e. The van der Waals surface area contributed by atoms with Crippen molar-refractivity contribution in [2.75, 3.05) is 5.32 Å². The van der Waals surface area contributed by atoms with Crippen molar-refractivity contribution in [1.82, 2.24) is 13.7 Å². The van der Waals surface area contributed by atoms with Gasteiger partial charge in [-0.15, -0.1) is 0 Å². The van der Waals surface area contributed by atoms with Crippen LogP contribution in [0.25, 0.3) is 16.6 Å². The van der Waals surface area contributed by atoms with E-state index in [0.29, 0.717) is 27.2 Å². The number of fused-ring (bicyclic) bond motifs is 1. The van der Waals surface area contributed by atoms with Crippen molar-refractivity contribution in [2.24, 2.45) is 20.0 Å². The molecule has 1 saturated carbocycles. The highest BCUT2D eigenvalue weighted by Gasteiger charge is 2.26. The lowest BCUT2D eigenvalue weighted by Gasteiger charge is -2.20. The first-order valence-corrected chi connectivity index (χ1v) is 12.9. The summed E-state index contributed by atoms with van der Waals surface area (Å²) >= 11 is 1.99. The van der Waals surface area contributed by atoms with E-state index in [1.165, 1.54) is 42.3 Å². The van der Waals surface area contributed by atoms with Gasteiger partial charge in [0.2, 0.25) is 0 Å². The predicted molar refractivity (Wildman–Crippen MR) is 149 cm³/mol. The molecule has 37 heavy (non-hydrogen) atoms. The van der Waals surface area contributed by atoms with Crippen molar-refractivity contribution in [3.8, 4) is 5.69 Å². The van der Waals surface area contributed by atoms with Gasteiger partial charge in [-0.3, -0.25) is 28.1 Å². The minimum atomic E-state index is -0.660. The Kier molecular flexibility index (Phi) is 6.38. The van der Waals surface area contributed by atoms with Gasteiger partial charge in [0.15, 0.2) is 5.78 Å². The number of benzene rings is 2. The largest absolute Gasteiger partial charge is 0.338 e. The van der Waals surface area contributed by atoms with Gasteiger partial charge in [0, 0.05) is 35.2 Å². The fraction of sp³-hybridized carbons (Fsp3) is 0.259. The van der Waals surface area contributed by atoms with E-state index in [-0.39, 0.29) is 33.8 Å². The molecule has 1 N–H and O–H groups in total. The SMILES string of the molecule is Cc1c(=O)n(C)c(Nc2ccc(I)cc2F)c2c(=O)n(C)c(=O)n(-c3cccc(C(=O)CC4CC4)c3)c12. The number of ketones is 1. The summed E-state index contributed by atoms with van der Waals surface area (Å²) in [5.41, 5.74) is -0.575. The van der Waals surface area contributed by atoms with Crippen LogP contribution >= 0.6 is 22.6 Å². The van der Waals surface area contributed by atoms with E-state index in [1.54, 1.807) is 30.3 Å². The first-order valence-electron chi connectivity index (χ1n) is 11.8. The molecule has 0 atom stereocenters. The quantitative estimate of drug-likeness (QED) is 0.260. The Balaban J connectivity index is 1.81. The van der Waals surface area contributed by atoms with E-state index >= 15 is 0 Å². The third kappa shape index (κ3) is 4.43. The fourth-order valence-electron chi connectivity index (χ4n) is 4.53. The van der Waals surface area contributed by atoms with Gasteiger partial charge < -0.3 is 5.32 Å². The van der Waals surface area contributed by atoms with Gasteiger partial charge in [-0.2, -0.15) is 0 Å². The average molecular weight is 614 g/mol. The molecule has 0 amide bonds. The zero-order valence-electron chi connectivity index (χ0n) is 20.5. The van der Waals surface area contributed by atoms with Gasteiger partial charge in [0.25, 0.3) is 11.1 Å². The van der Waals surface area contributed by atoms with Crippen molar-refractivity contribution in [2.45, 2.75) is 26.2 Å². The van der Waals surface area contributed by atoms with Crippen LogP contribution in [0.4, 0.5) is 15.9 Å². The highest BCUT2D eigenvalue weighted by atomic mass is 127. The highest BCUT2D eigenvalue weighted by molar-refractivity contribution is 14.1. The van der Waals surface area contributed by atoms with Crippen molar-refractivity contribution in [3.63, 3.8) is 0 Å². The van der Waals surface area contributed by atoms with Crippen molar-refractivity contribution in [1.29, 1.82) is 0 Å². The molecule has 10 heteroatoms.